The van der Waals surface area contributed by atoms with Crippen molar-refractivity contribution in [2.24, 2.45) is 0 Å². The first-order valence-corrected chi connectivity index (χ1v) is 7.20. The van der Waals surface area contributed by atoms with Crippen molar-refractivity contribution in [1.82, 2.24) is 5.32 Å². The molecule has 2 rings (SSSR count). The van der Waals surface area contributed by atoms with Gasteiger partial charge in [-0.3, -0.25) is 0 Å². The maximum absolute atomic E-state index is 3.71. The molecule has 0 fully saturated rings. The number of rotatable bonds is 7. The molecule has 0 saturated carbocycles. The molecular formula is C16H25N. The van der Waals surface area contributed by atoms with Crippen LogP contribution in [0.4, 0.5) is 0 Å². The van der Waals surface area contributed by atoms with Crippen LogP contribution in [-0.2, 0) is 12.8 Å². The number of hydrogen-bond acceptors (Lipinski definition) is 1. The Morgan fingerprint density at radius 1 is 1.00 bits per heavy atom. The molecule has 0 spiro atoms. The second-order valence-corrected chi connectivity index (χ2v) is 5.24. The van der Waals surface area contributed by atoms with E-state index in [0.29, 0.717) is 6.04 Å². The van der Waals surface area contributed by atoms with E-state index in [1.54, 1.807) is 11.1 Å². The van der Waals surface area contributed by atoms with E-state index in [4.69, 9.17) is 0 Å². The Morgan fingerprint density at radius 2 is 1.65 bits per heavy atom. The summed E-state index contributed by atoms with van der Waals surface area (Å²) >= 11 is 0. The van der Waals surface area contributed by atoms with Crippen LogP contribution in [0.15, 0.2) is 24.3 Å². The molecule has 1 nitrogen and oxygen atoms in total. The van der Waals surface area contributed by atoms with E-state index in [-0.39, 0.29) is 0 Å². The van der Waals surface area contributed by atoms with Crippen LogP contribution in [0.3, 0.4) is 0 Å². The quantitative estimate of drug-likeness (QED) is 0.705. The van der Waals surface area contributed by atoms with E-state index in [1.807, 2.05) is 0 Å². The highest BCUT2D eigenvalue weighted by Gasteiger charge is 2.19. The number of unbranched alkanes of at least 4 members (excludes halogenated alkanes) is 4. The average molecular weight is 231 g/mol. The van der Waals surface area contributed by atoms with Gasteiger partial charge in [-0.2, -0.15) is 0 Å². The number of nitrogens with one attached hydrogen (secondary N) is 1. The normalized spacial score (nSPS) is 15.1. The maximum atomic E-state index is 3.71. The van der Waals surface area contributed by atoms with Crippen molar-refractivity contribution in [1.29, 1.82) is 0 Å². The van der Waals surface area contributed by atoms with E-state index < -0.39 is 0 Å². The molecule has 1 aliphatic rings. The Bertz CT molecular complexity index is 307. The van der Waals surface area contributed by atoms with Crippen molar-refractivity contribution in [2.75, 3.05) is 6.54 Å². The van der Waals surface area contributed by atoms with Crippen LogP contribution in [0.1, 0.15) is 50.2 Å². The Labute approximate surface area is 106 Å². The molecule has 1 aromatic carbocycles. The molecule has 0 aliphatic heterocycles. The second kappa shape index (κ2) is 6.80. The van der Waals surface area contributed by atoms with E-state index in [1.165, 1.54) is 51.5 Å². The topological polar surface area (TPSA) is 12.0 Å². The van der Waals surface area contributed by atoms with Crippen molar-refractivity contribution in [3.05, 3.63) is 35.4 Å². The summed E-state index contributed by atoms with van der Waals surface area (Å²) in [4.78, 5) is 0. The molecule has 1 aromatic rings. The third kappa shape index (κ3) is 3.85. The van der Waals surface area contributed by atoms with Gasteiger partial charge in [0.1, 0.15) is 0 Å². The predicted molar refractivity (Wildman–Crippen MR) is 74.4 cm³/mol. The van der Waals surface area contributed by atoms with Crippen LogP contribution in [0.2, 0.25) is 0 Å². The first-order chi connectivity index (χ1) is 8.40. The third-order valence-corrected chi connectivity index (χ3v) is 3.76. The van der Waals surface area contributed by atoms with Gasteiger partial charge in [0.2, 0.25) is 0 Å². The van der Waals surface area contributed by atoms with Crippen LogP contribution in [0.5, 0.6) is 0 Å². The van der Waals surface area contributed by atoms with Gasteiger partial charge in [0, 0.05) is 6.04 Å². The second-order valence-electron chi connectivity index (χ2n) is 5.24. The fraction of sp³-hybridized carbons (Fsp3) is 0.625. The smallest absolute Gasteiger partial charge is 0.0148 e. The zero-order valence-electron chi connectivity index (χ0n) is 11.0. The van der Waals surface area contributed by atoms with Crippen molar-refractivity contribution in [3.8, 4) is 0 Å². The Hall–Kier alpha value is -0.820. The monoisotopic (exact) mass is 231 g/mol. The Morgan fingerprint density at radius 3 is 2.29 bits per heavy atom. The summed E-state index contributed by atoms with van der Waals surface area (Å²) in [5.41, 5.74) is 3.10. The number of fused-ring (bicyclic) bond motifs is 1. The standard InChI is InChI=1S/C16H25N/c1-2-3-4-5-8-11-17-16-12-14-9-6-7-10-15(14)13-16/h6-7,9-10,16-17H,2-5,8,11-13H2,1H3. The van der Waals surface area contributed by atoms with Crippen molar-refractivity contribution in [2.45, 2.75) is 57.9 Å². The van der Waals surface area contributed by atoms with Crippen LogP contribution in [0.25, 0.3) is 0 Å². The number of hydrogen-bond donors (Lipinski definition) is 1. The molecular weight excluding hydrogens is 206 g/mol. The molecule has 0 heterocycles. The molecule has 0 radical (unpaired) electrons. The van der Waals surface area contributed by atoms with Crippen molar-refractivity contribution >= 4 is 0 Å². The summed E-state index contributed by atoms with van der Waals surface area (Å²) in [7, 11) is 0. The third-order valence-electron chi connectivity index (χ3n) is 3.76. The summed E-state index contributed by atoms with van der Waals surface area (Å²) < 4.78 is 0. The molecule has 0 unspecified atom stereocenters. The van der Waals surface area contributed by atoms with E-state index in [0.717, 1.165) is 0 Å². The van der Waals surface area contributed by atoms with Crippen LogP contribution in [-0.4, -0.2) is 12.6 Å². The minimum Gasteiger partial charge on any atom is -0.313 e. The summed E-state index contributed by atoms with van der Waals surface area (Å²) in [6.45, 7) is 3.47. The summed E-state index contributed by atoms with van der Waals surface area (Å²) in [6, 6.07) is 9.56. The zero-order chi connectivity index (χ0) is 11.9. The lowest BCUT2D eigenvalue weighted by Gasteiger charge is -2.11. The van der Waals surface area contributed by atoms with Gasteiger partial charge >= 0.3 is 0 Å². The fourth-order valence-electron chi connectivity index (χ4n) is 2.74. The van der Waals surface area contributed by atoms with E-state index in [2.05, 4.69) is 36.5 Å². The first-order valence-electron chi connectivity index (χ1n) is 7.20. The zero-order valence-corrected chi connectivity index (χ0v) is 11.0. The van der Waals surface area contributed by atoms with Crippen LogP contribution in [0, 0.1) is 0 Å². The van der Waals surface area contributed by atoms with Gasteiger partial charge in [-0.25, -0.2) is 0 Å². The van der Waals surface area contributed by atoms with Gasteiger partial charge in [0.15, 0.2) is 0 Å². The van der Waals surface area contributed by atoms with Gasteiger partial charge in [0.25, 0.3) is 0 Å². The molecule has 17 heavy (non-hydrogen) atoms. The highest BCUT2D eigenvalue weighted by Crippen LogP contribution is 2.21. The van der Waals surface area contributed by atoms with Crippen LogP contribution < -0.4 is 5.32 Å². The highest BCUT2D eigenvalue weighted by atomic mass is 14.9. The molecule has 1 heteroatoms. The van der Waals surface area contributed by atoms with Crippen LogP contribution >= 0.6 is 0 Å². The van der Waals surface area contributed by atoms with Gasteiger partial charge in [-0.05, 0) is 36.9 Å². The Balaban J connectivity index is 1.60. The maximum Gasteiger partial charge on any atom is 0.0148 e. The molecule has 0 atom stereocenters. The lowest BCUT2D eigenvalue weighted by molar-refractivity contribution is 0.505. The molecule has 1 aliphatic carbocycles. The summed E-state index contributed by atoms with van der Waals surface area (Å²) in [6.07, 6.45) is 9.33. The van der Waals surface area contributed by atoms with Crippen molar-refractivity contribution < 1.29 is 0 Å². The summed E-state index contributed by atoms with van der Waals surface area (Å²) in [5, 5.41) is 3.71. The largest absolute Gasteiger partial charge is 0.313 e. The first kappa shape index (κ1) is 12.6. The van der Waals surface area contributed by atoms with E-state index >= 15 is 0 Å². The lowest BCUT2D eigenvalue weighted by Crippen LogP contribution is -2.30. The molecule has 1 N–H and O–H groups in total. The van der Waals surface area contributed by atoms with Gasteiger partial charge in [0.05, 0.1) is 0 Å². The molecule has 94 valence electrons. The number of benzene rings is 1. The Kier molecular flexibility index (Phi) is 5.06. The fourth-order valence-corrected chi connectivity index (χ4v) is 2.74. The van der Waals surface area contributed by atoms with E-state index in [9.17, 15) is 0 Å². The molecule has 0 amide bonds. The SMILES string of the molecule is CCCCCCCNC1Cc2ccccc2C1. The van der Waals surface area contributed by atoms with Gasteiger partial charge < -0.3 is 5.32 Å². The molecule has 0 aromatic heterocycles. The van der Waals surface area contributed by atoms with Gasteiger partial charge in [-0.15, -0.1) is 0 Å². The van der Waals surface area contributed by atoms with Gasteiger partial charge in [-0.1, -0.05) is 56.9 Å². The average Bonchev–Trinajstić information content (AvgIpc) is 2.76. The highest BCUT2D eigenvalue weighted by molar-refractivity contribution is 5.33. The summed E-state index contributed by atoms with van der Waals surface area (Å²) in [5.74, 6) is 0. The lowest BCUT2D eigenvalue weighted by atomic mass is 10.1. The molecule has 0 saturated heterocycles. The molecule has 0 bridgehead atoms. The minimum atomic E-state index is 0.693. The van der Waals surface area contributed by atoms with Crippen molar-refractivity contribution in [3.63, 3.8) is 0 Å². The minimum absolute atomic E-state index is 0.693. The predicted octanol–water partition coefficient (Wildman–Crippen LogP) is 3.71.